The summed E-state index contributed by atoms with van der Waals surface area (Å²) in [6.07, 6.45) is 2.84. The summed E-state index contributed by atoms with van der Waals surface area (Å²) in [5.74, 6) is 0.146. The van der Waals surface area contributed by atoms with Crippen molar-refractivity contribution in [1.29, 1.82) is 0 Å². The third-order valence-electron chi connectivity index (χ3n) is 2.13. The second-order valence-electron chi connectivity index (χ2n) is 4.39. The number of carbonyl (C=O) groups is 1. The Morgan fingerprint density at radius 2 is 2.17 bits per heavy atom. The Kier molecular flexibility index (Phi) is 2.73. The number of hydrogen-bond acceptors (Lipinski definition) is 2. The maximum atomic E-state index is 11.3. The van der Waals surface area contributed by atoms with Crippen LogP contribution in [-0.2, 0) is 4.79 Å². The Morgan fingerprint density at radius 1 is 1.58 bits per heavy atom. The zero-order valence-electron chi connectivity index (χ0n) is 7.89. The van der Waals surface area contributed by atoms with Gasteiger partial charge in [-0.3, -0.25) is 4.79 Å². The van der Waals surface area contributed by atoms with Crippen molar-refractivity contribution in [2.24, 2.45) is 11.1 Å². The fourth-order valence-corrected chi connectivity index (χ4v) is 1.01. The molecule has 0 saturated heterocycles. The third-order valence-corrected chi connectivity index (χ3v) is 2.13. The molecule has 70 valence electrons. The van der Waals surface area contributed by atoms with Gasteiger partial charge in [0.2, 0.25) is 5.91 Å². The Hall–Kier alpha value is -0.570. The van der Waals surface area contributed by atoms with Crippen LogP contribution >= 0.6 is 0 Å². The van der Waals surface area contributed by atoms with E-state index in [2.05, 4.69) is 5.32 Å². The van der Waals surface area contributed by atoms with Crippen molar-refractivity contribution in [2.75, 3.05) is 6.54 Å². The molecule has 1 amide bonds. The molecule has 0 aromatic heterocycles. The van der Waals surface area contributed by atoms with Crippen molar-refractivity contribution >= 4 is 5.91 Å². The predicted octanol–water partition coefficient (Wildman–Crippen LogP) is 0.640. The molecule has 0 heterocycles. The molecule has 0 aromatic rings. The van der Waals surface area contributed by atoms with Gasteiger partial charge < -0.3 is 11.1 Å². The van der Waals surface area contributed by atoms with Gasteiger partial charge in [-0.1, -0.05) is 13.8 Å². The second kappa shape index (κ2) is 3.44. The van der Waals surface area contributed by atoms with Crippen LogP contribution in [0.3, 0.4) is 0 Å². The Labute approximate surface area is 73.7 Å². The van der Waals surface area contributed by atoms with Crippen LogP contribution < -0.4 is 11.1 Å². The molecule has 0 atom stereocenters. The highest BCUT2D eigenvalue weighted by molar-refractivity contribution is 5.77. The standard InChI is InChI=1S/C9H18N2O/c1-9(2,6-10)5-8(12)11-7-3-4-7/h7H,3-6,10H2,1-2H3,(H,11,12). The minimum Gasteiger partial charge on any atom is -0.353 e. The molecule has 0 spiro atoms. The lowest BCUT2D eigenvalue weighted by Gasteiger charge is -2.21. The molecule has 3 heteroatoms. The van der Waals surface area contributed by atoms with Crippen LogP contribution in [0.5, 0.6) is 0 Å². The molecule has 0 aromatic carbocycles. The lowest BCUT2D eigenvalue weighted by atomic mass is 9.89. The van der Waals surface area contributed by atoms with Gasteiger partial charge in [0.05, 0.1) is 0 Å². The van der Waals surface area contributed by atoms with E-state index in [1.165, 1.54) is 0 Å². The summed E-state index contributed by atoms with van der Waals surface area (Å²) in [4.78, 5) is 11.3. The van der Waals surface area contributed by atoms with E-state index in [0.717, 1.165) is 12.8 Å². The number of rotatable bonds is 4. The zero-order valence-corrected chi connectivity index (χ0v) is 7.89. The van der Waals surface area contributed by atoms with Crippen molar-refractivity contribution in [2.45, 2.75) is 39.2 Å². The van der Waals surface area contributed by atoms with Crippen molar-refractivity contribution < 1.29 is 4.79 Å². The van der Waals surface area contributed by atoms with Crippen LogP contribution in [0.2, 0.25) is 0 Å². The molecule has 12 heavy (non-hydrogen) atoms. The predicted molar refractivity (Wildman–Crippen MR) is 48.6 cm³/mol. The molecule has 1 aliphatic rings. The third kappa shape index (κ3) is 3.22. The van der Waals surface area contributed by atoms with Gasteiger partial charge in [0.15, 0.2) is 0 Å². The van der Waals surface area contributed by atoms with Crippen LogP contribution in [0.4, 0.5) is 0 Å². The van der Waals surface area contributed by atoms with E-state index in [-0.39, 0.29) is 11.3 Å². The molecule has 0 bridgehead atoms. The molecular weight excluding hydrogens is 152 g/mol. The monoisotopic (exact) mass is 170 g/mol. The maximum Gasteiger partial charge on any atom is 0.220 e. The summed E-state index contributed by atoms with van der Waals surface area (Å²) >= 11 is 0. The summed E-state index contributed by atoms with van der Waals surface area (Å²) < 4.78 is 0. The minimum absolute atomic E-state index is 0.0566. The molecule has 1 saturated carbocycles. The Bertz CT molecular complexity index is 173. The number of hydrogen-bond donors (Lipinski definition) is 2. The molecule has 1 rings (SSSR count). The van der Waals surface area contributed by atoms with Crippen molar-refractivity contribution in [3.63, 3.8) is 0 Å². The summed E-state index contributed by atoms with van der Waals surface area (Å²) in [6.45, 7) is 4.59. The lowest BCUT2D eigenvalue weighted by molar-refractivity contribution is -0.123. The molecule has 1 aliphatic carbocycles. The van der Waals surface area contributed by atoms with E-state index >= 15 is 0 Å². The van der Waals surface area contributed by atoms with Crippen molar-refractivity contribution in [3.8, 4) is 0 Å². The molecule has 1 fully saturated rings. The fraction of sp³-hybridized carbons (Fsp3) is 0.889. The van der Waals surface area contributed by atoms with E-state index in [9.17, 15) is 4.79 Å². The normalized spacial score (nSPS) is 17.6. The number of nitrogens with one attached hydrogen (secondary N) is 1. The van der Waals surface area contributed by atoms with Crippen LogP contribution in [0.25, 0.3) is 0 Å². The molecule has 0 unspecified atom stereocenters. The Morgan fingerprint density at radius 3 is 2.58 bits per heavy atom. The van der Waals surface area contributed by atoms with Crippen molar-refractivity contribution in [1.82, 2.24) is 5.32 Å². The highest BCUT2D eigenvalue weighted by Crippen LogP contribution is 2.22. The van der Waals surface area contributed by atoms with Crippen LogP contribution in [-0.4, -0.2) is 18.5 Å². The van der Waals surface area contributed by atoms with Gasteiger partial charge in [-0.2, -0.15) is 0 Å². The molecule has 0 radical (unpaired) electrons. The summed E-state index contributed by atoms with van der Waals surface area (Å²) in [6, 6.07) is 0.464. The first-order valence-corrected chi connectivity index (χ1v) is 4.53. The van der Waals surface area contributed by atoms with E-state index in [0.29, 0.717) is 19.0 Å². The number of amides is 1. The first kappa shape index (κ1) is 9.52. The largest absolute Gasteiger partial charge is 0.353 e. The van der Waals surface area contributed by atoms with Gasteiger partial charge in [-0.25, -0.2) is 0 Å². The van der Waals surface area contributed by atoms with E-state index in [1.54, 1.807) is 0 Å². The quantitative estimate of drug-likeness (QED) is 0.650. The Balaban J connectivity index is 2.23. The zero-order chi connectivity index (χ0) is 9.19. The second-order valence-corrected chi connectivity index (χ2v) is 4.39. The first-order chi connectivity index (χ1) is 5.53. The summed E-state index contributed by atoms with van der Waals surface area (Å²) in [5, 5.41) is 2.95. The maximum absolute atomic E-state index is 11.3. The van der Waals surface area contributed by atoms with Crippen molar-refractivity contribution in [3.05, 3.63) is 0 Å². The van der Waals surface area contributed by atoms with E-state index in [1.807, 2.05) is 13.8 Å². The average molecular weight is 170 g/mol. The molecule has 3 nitrogen and oxygen atoms in total. The number of carbonyl (C=O) groups excluding carboxylic acids is 1. The van der Waals surface area contributed by atoms with Gasteiger partial charge in [0.25, 0.3) is 0 Å². The smallest absolute Gasteiger partial charge is 0.220 e. The van der Waals surface area contributed by atoms with Crippen LogP contribution in [0, 0.1) is 5.41 Å². The van der Waals surface area contributed by atoms with Gasteiger partial charge in [-0.05, 0) is 24.8 Å². The van der Waals surface area contributed by atoms with Gasteiger partial charge >= 0.3 is 0 Å². The molecule has 3 N–H and O–H groups in total. The highest BCUT2D eigenvalue weighted by atomic mass is 16.1. The van der Waals surface area contributed by atoms with Crippen LogP contribution in [0.15, 0.2) is 0 Å². The molecule has 0 aliphatic heterocycles. The minimum atomic E-state index is -0.0566. The van der Waals surface area contributed by atoms with Gasteiger partial charge in [0, 0.05) is 12.5 Å². The van der Waals surface area contributed by atoms with Gasteiger partial charge in [0.1, 0.15) is 0 Å². The average Bonchev–Trinajstić information content (AvgIpc) is 2.70. The summed E-state index contributed by atoms with van der Waals surface area (Å²) in [5.41, 5.74) is 5.46. The lowest BCUT2D eigenvalue weighted by Crippen LogP contribution is -2.33. The fourth-order valence-electron chi connectivity index (χ4n) is 1.01. The summed E-state index contributed by atoms with van der Waals surface area (Å²) in [7, 11) is 0. The first-order valence-electron chi connectivity index (χ1n) is 4.53. The highest BCUT2D eigenvalue weighted by Gasteiger charge is 2.26. The van der Waals surface area contributed by atoms with E-state index in [4.69, 9.17) is 5.73 Å². The molecular formula is C9H18N2O. The van der Waals surface area contributed by atoms with Gasteiger partial charge in [-0.15, -0.1) is 0 Å². The SMILES string of the molecule is CC(C)(CN)CC(=O)NC1CC1. The topological polar surface area (TPSA) is 55.1 Å². The number of nitrogens with two attached hydrogens (primary N) is 1. The van der Waals surface area contributed by atoms with Crippen LogP contribution in [0.1, 0.15) is 33.1 Å². The van der Waals surface area contributed by atoms with E-state index < -0.39 is 0 Å².